The van der Waals surface area contributed by atoms with Gasteiger partial charge in [0.1, 0.15) is 0 Å². The third-order valence-corrected chi connectivity index (χ3v) is 4.85. The molecule has 0 bridgehead atoms. The molecule has 0 radical (unpaired) electrons. The molecule has 4 amide bonds. The standard InChI is InChI=1S/C16H18N2O8/c19-10-4-5-11(20)17(10)25-14(23)16(8-2-1-3-9-16)15(24)26-18-12(21)6-7-13(18)22/h1-9H2. The van der Waals surface area contributed by atoms with Gasteiger partial charge < -0.3 is 9.68 Å². The Bertz CT molecular complexity index is 610. The molecule has 3 aliphatic rings. The molecule has 10 heteroatoms. The Morgan fingerprint density at radius 3 is 1.35 bits per heavy atom. The SMILES string of the molecule is O=C1CCC(=O)N1OC(=O)C1(C(=O)ON2C(=O)CCC2=O)CCCCC1. The highest BCUT2D eigenvalue weighted by molar-refractivity contribution is 6.06. The molecule has 0 N–H and O–H groups in total. The van der Waals surface area contributed by atoms with Gasteiger partial charge in [-0.15, -0.1) is 10.1 Å². The summed E-state index contributed by atoms with van der Waals surface area (Å²) in [7, 11) is 0. The lowest BCUT2D eigenvalue weighted by atomic mass is 9.74. The Hall–Kier alpha value is -2.78. The highest BCUT2D eigenvalue weighted by atomic mass is 16.7. The van der Waals surface area contributed by atoms with E-state index in [1.807, 2.05) is 0 Å². The second-order valence-corrected chi connectivity index (χ2v) is 6.56. The van der Waals surface area contributed by atoms with Gasteiger partial charge in [0.25, 0.3) is 23.6 Å². The summed E-state index contributed by atoms with van der Waals surface area (Å²) >= 11 is 0. The molecule has 0 aromatic heterocycles. The Morgan fingerprint density at radius 1 is 0.654 bits per heavy atom. The molecule has 140 valence electrons. The largest absolute Gasteiger partial charge is 0.350 e. The van der Waals surface area contributed by atoms with Crippen LogP contribution >= 0.6 is 0 Å². The Labute approximate surface area is 148 Å². The van der Waals surface area contributed by atoms with Crippen molar-refractivity contribution in [1.82, 2.24) is 10.1 Å². The van der Waals surface area contributed by atoms with Crippen LogP contribution in [0.3, 0.4) is 0 Å². The molecule has 2 heterocycles. The number of hydrogen-bond donors (Lipinski definition) is 0. The van der Waals surface area contributed by atoms with Crippen LogP contribution in [-0.2, 0) is 38.4 Å². The smallest absolute Gasteiger partial charge is 0.329 e. The molecule has 0 unspecified atom stereocenters. The van der Waals surface area contributed by atoms with Crippen LogP contribution in [0, 0.1) is 5.41 Å². The molecule has 2 aliphatic heterocycles. The summed E-state index contributed by atoms with van der Waals surface area (Å²) in [5.41, 5.74) is -1.76. The van der Waals surface area contributed by atoms with E-state index in [1.165, 1.54) is 0 Å². The second kappa shape index (κ2) is 6.85. The summed E-state index contributed by atoms with van der Waals surface area (Å²) in [6, 6.07) is 0. The number of amides is 4. The summed E-state index contributed by atoms with van der Waals surface area (Å²) in [4.78, 5) is 81.8. The van der Waals surface area contributed by atoms with Crippen molar-refractivity contribution in [2.75, 3.05) is 0 Å². The predicted octanol–water partition coefficient (Wildman–Crippen LogP) is 0.151. The highest BCUT2D eigenvalue weighted by Gasteiger charge is 2.53. The lowest BCUT2D eigenvalue weighted by Crippen LogP contribution is -2.49. The number of carbonyl (C=O) groups excluding carboxylic acids is 6. The zero-order valence-electron chi connectivity index (χ0n) is 14.0. The minimum Gasteiger partial charge on any atom is -0.329 e. The van der Waals surface area contributed by atoms with Crippen LogP contribution in [0.25, 0.3) is 0 Å². The summed E-state index contributed by atoms with van der Waals surface area (Å²) < 4.78 is 0. The molecule has 0 aromatic carbocycles. The van der Waals surface area contributed by atoms with Crippen LogP contribution < -0.4 is 0 Å². The van der Waals surface area contributed by atoms with E-state index in [9.17, 15) is 28.8 Å². The first-order valence-electron chi connectivity index (χ1n) is 8.51. The van der Waals surface area contributed by atoms with E-state index in [0.29, 0.717) is 23.0 Å². The third kappa shape index (κ3) is 3.06. The van der Waals surface area contributed by atoms with Gasteiger partial charge in [0, 0.05) is 25.7 Å². The molecule has 0 atom stereocenters. The Balaban J connectivity index is 1.79. The number of imide groups is 2. The van der Waals surface area contributed by atoms with Crippen molar-refractivity contribution in [3.63, 3.8) is 0 Å². The van der Waals surface area contributed by atoms with Gasteiger partial charge in [0.15, 0.2) is 5.41 Å². The minimum atomic E-state index is -1.76. The quantitative estimate of drug-likeness (QED) is 0.508. The summed E-state index contributed by atoms with van der Waals surface area (Å²) in [6.07, 6.45) is 1.71. The zero-order chi connectivity index (χ0) is 18.9. The first-order valence-corrected chi connectivity index (χ1v) is 8.51. The van der Waals surface area contributed by atoms with E-state index in [0.717, 1.165) is 6.42 Å². The van der Waals surface area contributed by atoms with Crippen LogP contribution in [0.5, 0.6) is 0 Å². The van der Waals surface area contributed by atoms with Gasteiger partial charge in [-0.25, -0.2) is 9.59 Å². The molecule has 1 aliphatic carbocycles. The van der Waals surface area contributed by atoms with E-state index in [4.69, 9.17) is 9.68 Å². The number of carbonyl (C=O) groups is 6. The van der Waals surface area contributed by atoms with Crippen molar-refractivity contribution in [2.24, 2.45) is 5.41 Å². The second-order valence-electron chi connectivity index (χ2n) is 6.56. The van der Waals surface area contributed by atoms with Crippen molar-refractivity contribution in [3.05, 3.63) is 0 Å². The van der Waals surface area contributed by atoms with Gasteiger partial charge in [-0.3, -0.25) is 19.2 Å². The molecule has 1 saturated carbocycles. The highest BCUT2D eigenvalue weighted by Crippen LogP contribution is 2.40. The van der Waals surface area contributed by atoms with Gasteiger partial charge in [-0.2, -0.15) is 0 Å². The molecular formula is C16H18N2O8. The monoisotopic (exact) mass is 366 g/mol. The lowest BCUT2D eigenvalue weighted by Gasteiger charge is -2.33. The van der Waals surface area contributed by atoms with Gasteiger partial charge in [-0.05, 0) is 12.8 Å². The molecular weight excluding hydrogens is 348 g/mol. The average Bonchev–Trinajstić information content (AvgIpc) is 3.12. The van der Waals surface area contributed by atoms with Crippen LogP contribution in [0.1, 0.15) is 57.8 Å². The molecule has 0 aromatic rings. The van der Waals surface area contributed by atoms with Crippen LogP contribution in [-0.4, -0.2) is 45.7 Å². The first kappa shape index (κ1) is 18.0. The molecule has 26 heavy (non-hydrogen) atoms. The topological polar surface area (TPSA) is 127 Å². The lowest BCUT2D eigenvalue weighted by molar-refractivity contribution is -0.221. The maximum Gasteiger partial charge on any atom is 0.350 e. The number of nitrogens with zero attached hydrogens (tertiary/aromatic N) is 2. The van der Waals surface area contributed by atoms with Gasteiger partial charge >= 0.3 is 11.9 Å². The van der Waals surface area contributed by atoms with Crippen LogP contribution in [0.4, 0.5) is 0 Å². The molecule has 10 nitrogen and oxygen atoms in total. The van der Waals surface area contributed by atoms with Gasteiger partial charge in [0.2, 0.25) is 0 Å². The first-order chi connectivity index (χ1) is 12.3. The summed E-state index contributed by atoms with van der Waals surface area (Å²) in [5.74, 6) is -4.80. The van der Waals surface area contributed by atoms with E-state index >= 15 is 0 Å². The normalized spacial score (nSPS) is 22.8. The minimum absolute atomic E-state index is 0.0691. The van der Waals surface area contributed by atoms with Gasteiger partial charge in [-0.1, -0.05) is 19.3 Å². The number of hydrogen-bond acceptors (Lipinski definition) is 8. The Kier molecular flexibility index (Phi) is 4.75. The molecule has 0 spiro atoms. The van der Waals surface area contributed by atoms with Crippen molar-refractivity contribution in [2.45, 2.75) is 57.8 Å². The average molecular weight is 366 g/mol. The fourth-order valence-electron chi connectivity index (χ4n) is 3.30. The Morgan fingerprint density at radius 2 is 1.00 bits per heavy atom. The van der Waals surface area contributed by atoms with E-state index in [-0.39, 0.29) is 38.5 Å². The molecule has 3 fully saturated rings. The van der Waals surface area contributed by atoms with Crippen LogP contribution in [0.2, 0.25) is 0 Å². The van der Waals surface area contributed by atoms with Crippen molar-refractivity contribution < 1.29 is 38.4 Å². The number of hydroxylamine groups is 4. The zero-order valence-corrected chi connectivity index (χ0v) is 14.0. The fraction of sp³-hybridized carbons (Fsp3) is 0.625. The van der Waals surface area contributed by atoms with Crippen molar-refractivity contribution in [1.29, 1.82) is 0 Å². The van der Waals surface area contributed by atoms with E-state index in [2.05, 4.69) is 0 Å². The number of rotatable bonds is 4. The molecule has 3 rings (SSSR count). The maximum absolute atomic E-state index is 12.7. The van der Waals surface area contributed by atoms with Gasteiger partial charge in [0.05, 0.1) is 0 Å². The predicted molar refractivity (Wildman–Crippen MR) is 79.9 cm³/mol. The van der Waals surface area contributed by atoms with E-state index in [1.54, 1.807) is 0 Å². The van der Waals surface area contributed by atoms with E-state index < -0.39 is 41.0 Å². The molecule has 2 saturated heterocycles. The van der Waals surface area contributed by atoms with Crippen molar-refractivity contribution >= 4 is 35.6 Å². The summed E-state index contributed by atoms with van der Waals surface area (Å²) in [6.45, 7) is 0. The van der Waals surface area contributed by atoms with Crippen molar-refractivity contribution in [3.8, 4) is 0 Å². The third-order valence-electron chi connectivity index (χ3n) is 4.85. The summed E-state index contributed by atoms with van der Waals surface area (Å²) in [5, 5.41) is 0.746. The van der Waals surface area contributed by atoms with Crippen LogP contribution in [0.15, 0.2) is 0 Å². The maximum atomic E-state index is 12.7. The fourth-order valence-corrected chi connectivity index (χ4v) is 3.30.